The quantitative estimate of drug-likeness (QED) is 0.851. The molecule has 0 bridgehead atoms. The van der Waals surface area contributed by atoms with Crippen molar-refractivity contribution in [3.63, 3.8) is 0 Å². The molecule has 19 heavy (non-hydrogen) atoms. The summed E-state index contributed by atoms with van der Waals surface area (Å²) < 4.78 is 5.56. The molecule has 0 amide bonds. The lowest BCUT2D eigenvalue weighted by Crippen LogP contribution is -2.42. The number of β-amino-alcohol motifs (C(OH)–C–C–N with tert-alkyl or cyclic N) is 1. The normalized spacial score (nSPS) is 12.8. The molecule has 0 saturated heterocycles. The Kier molecular flexibility index (Phi) is 5.34. The minimum absolute atomic E-state index is 0.0225. The molecule has 0 aliphatic rings. The number of aryl methyl sites for hydroxylation is 1. The summed E-state index contributed by atoms with van der Waals surface area (Å²) in [5.74, 6) is 0.703. The largest absolute Gasteiger partial charge is 0.491 e. The molecule has 0 saturated carbocycles. The van der Waals surface area contributed by atoms with E-state index in [4.69, 9.17) is 10.00 Å². The molecule has 1 aromatic carbocycles. The van der Waals surface area contributed by atoms with Crippen LogP contribution in [-0.4, -0.2) is 29.9 Å². The number of rotatable bonds is 5. The predicted octanol–water partition coefficient (Wildman–Crippen LogP) is 1.99. The molecule has 1 atom stereocenters. The van der Waals surface area contributed by atoms with Crippen LogP contribution in [0.3, 0.4) is 0 Å². The van der Waals surface area contributed by atoms with Gasteiger partial charge in [0.05, 0.1) is 11.6 Å². The average molecular weight is 262 g/mol. The summed E-state index contributed by atoms with van der Waals surface area (Å²) in [4.78, 5) is 0. The van der Waals surface area contributed by atoms with Gasteiger partial charge in [-0.1, -0.05) is 0 Å². The SMILES string of the molecule is Cc1cc(C#N)ccc1OCC(O)CNC(C)(C)C. The van der Waals surface area contributed by atoms with Crippen molar-refractivity contribution in [2.45, 2.75) is 39.3 Å². The highest BCUT2D eigenvalue weighted by Crippen LogP contribution is 2.18. The van der Waals surface area contributed by atoms with Crippen LogP contribution in [0.15, 0.2) is 18.2 Å². The molecule has 0 heterocycles. The Bertz CT molecular complexity index is 458. The number of aliphatic hydroxyl groups is 1. The van der Waals surface area contributed by atoms with Gasteiger partial charge in [0.1, 0.15) is 18.5 Å². The first-order valence-corrected chi connectivity index (χ1v) is 6.38. The van der Waals surface area contributed by atoms with E-state index in [2.05, 4.69) is 11.4 Å². The van der Waals surface area contributed by atoms with Crippen molar-refractivity contribution < 1.29 is 9.84 Å². The second-order valence-corrected chi connectivity index (χ2v) is 5.69. The van der Waals surface area contributed by atoms with Gasteiger partial charge in [-0.2, -0.15) is 5.26 Å². The molecule has 0 aliphatic carbocycles. The fourth-order valence-corrected chi connectivity index (χ4v) is 1.55. The van der Waals surface area contributed by atoms with Gasteiger partial charge >= 0.3 is 0 Å². The standard InChI is InChI=1S/C15H22N2O2/c1-11-7-12(8-16)5-6-14(11)19-10-13(18)9-17-15(2,3)4/h5-7,13,17-18H,9-10H2,1-4H3. The summed E-state index contributed by atoms with van der Waals surface area (Å²) in [5, 5.41) is 21.8. The molecule has 1 aromatic rings. The summed E-state index contributed by atoms with van der Waals surface area (Å²) in [6.07, 6.45) is -0.561. The molecule has 4 heteroatoms. The number of benzene rings is 1. The smallest absolute Gasteiger partial charge is 0.122 e. The number of aliphatic hydroxyl groups excluding tert-OH is 1. The van der Waals surface area contributed by atoms with E-state index >= 15 is 0 Å². The Morgan fingerprint density at radius 2 is 2.11 bits per heavy atom. The maximum Gasteiger partial charge on any atom is 0.122 e. The zero-order valence-corrected chi connectivity index (χ0v) is 12.0. The zero-order chi connectivity index (χ0) is 14.5. The predicted molar refractivity (Wildman–Crippen MR) is 75.2 cm³/mol. The maximum absolute atomic E-state index is 9.83. The van der Waals surface area contributed by atoms with Crippen molar-refractivity contribution in [3.8, 4) is 11.8 Å². The van der Waals surface area contributed by atoms with Gasteiger partial charge in [0.15, 0.2) is 0 Å². The molecule has 1 rings (SSSR count). The number of nitrogens with zero attached hydrogens (tertiary/aromatic N) is 1. The van der Waals surface area contributed by atoms with Gasteiger partial charge in [-0.3, -0.25) is 0 Å². The summed E-state index contributed by atoms with van der Waals surface area (Å²) in [6.45, 7) is 8.74. The van der Waals surface area contributed by atoms with Gasteiger partial charge in [0.2, 0.25) is 0 Å². The minimum Gasteiger partial charge on any atom is -0.491 e. The summed E-state index contributed by atoms with van der Waals surface area (Å²) in [7, 11) is 0. The molecule has 1 unspecified atom stereocenters. The van der Waals surface area contributed by atoms with Crippen molar-refractivity contribution in [1.82, 2.24) is 5.32 Å². The third-order valence-corrected chi connectivity index (χ3v) is 2.60. The summed E-state index contributed by atoms with van der Waals surface area (Å²) in [5.41, 5.74) is 1.49. The molecule has 0 spiro atoms. The highest BCUT2D eigenvalue weighted by molar-refractivity contribution is 5.41. The lowest BCUT2D eigenvalue weighted by atomic mass is 10.1. The van der Waals surface area contributed by atoms with Crippen LogP contribution in [-0.2, 0) is 0 Å². The number of nitriles is 1. The second-order valence-electron chi connectivity index (χ2n) is 5.69. The first-order valence-electron chi connectivity index (χ1n) is 6.38. The Labute approximate surface area is 115 Å². The van der Waals surface area contributed by atoms with E-state index in [9.17, 15) is 5.11 Å². The first-order chi connectivity index (χ1) is 8.81. The van der Waals surface area contributed by atoms with Gasteiger partial charge in [-0.25, -0.2) is 0 Å². The van der Waals surface area contributed by atoms with E-state index in [1.165, 1.54) is 0 Å². The van der Waals surface area contributed by atoms with Gasteiger partial charge in [-0.05, 0) is 51.5 Å². The van der Waals surface area contributed by atoms with Crippen molar-refractivity contribution in [3.05, 3.63) is 29.3 Å². The van der Waals surface area contributed by atoms with Crippen molar-refractivity contribution in [2.75, 3.05) is 13.2 Å². The van der Waals surface area contributed by atoms with E-state index in [0.717, 1.165) is 5.56 Å². The van der Waals surface area contributed by atoms with Crippen LogP contribution >= 0.6 is 0 Å². The van der Waals surface area contributed by atoms with E-state index in [1.807, 2.05) is 27.7 Å². The number of nitrogens with one attached hydrogen (secondary N) is 1. The van der Waals surface area contributed by atoms with Crippen LogP contribution in [0.1, 0.15) is 31.9 Å². The lowest BCUT2D eigenvalue weighted by molar-refractivity contribution is 0.0997. The number of hydrogen-bond donors (Lipinski definition) is 2. The van der Waals surface area contributed by atoms with Crippen molar-refractivity contribution in [2.24, 2.45) is 0 Å². The molecule has 104 valence electrons. The van der Waals surface area contributed by atoms with Gasteiger partial charge in [0.25, 0.3) is 0 Å². The fourth-order valence-electron chi connectivity index (χ4n) is 1.55. The van der Waals surface area contributed by atoms with Crippen molar-refractivity contribution >= 4 is 0 Å². The Morgan fingerprint density at radius 1 is 1.42 bits per heavy atom. The molecule has 0 aromatic heterocycles. The molecular formula is C15H22N2O2. The molecule has 4 nitrogen and oxygen atoms in total. The van der Waals surface area contributed by atoms with Gasteiger partial charge < -0.3 is 15.2 Å². The highest BCUT2D eigenvalue weighted by atomic mass is 16.5. The highest BCUT2D eigenvalue weighted by Gasteiger charge is 2.13. The van der Waals surface area contributed by atoms with Gasteiger partial charge in [-0.15, -0.1) is 0 Å². The molecule has 0 aliphatic heterocycles. The molecular weight excluding hydrogens is 240 g/mol. The van der Waals surface area contributed by atoms with Crippen molar-refractivity contribution in [1.29, 1.82) is 5.26 Å². The number of hydrogen-bond acceptors (Lipinski definition) is 4. The summed E-state index contributed by atoms with van der Waals surface area (Å²) >= 11 is 0. The van der Waals surface area contributed by atoms with E-state index in [0.29, 0.717) is 17.9 Å². The van der Waals surface area contributed by atoms with Crippen LogP contribution < -0.4 is 10.1 Å². The molecule has 2 N–H and O–H groups in total. The maximum atomic E-state index is 9.83. The lowest BCUT2D eigenvalue weighted by Gasteiger charge is -2.23. The van der Waals surface area contributed by atoms with Crippen LogP contribution in [0.25, 0.3) is 0 Å². The third-order valence-electron chi connectivity index (χ3n) is 2.60. The second kappa shape index (κ2) is 6.55. The van der Waals surface area contributed by atoms with E-state index < -0.39 is 6.10 Å². The van der Waals surface area contributed by atoms with Crippen LogP contribution in [0.2, 0.25) is 0 Å². The zero-order valence-electron chi connectivity index (χ0n) is 12.0. The third kappa shape index (κ3) is 5.73. The van der Waals surface area contributed by atoms with Gasteiger partial charge in [0, 0.05) is 12.1 Å². The molecule has 0 fully saturated rings. The topological polar surface area (TPSA) is 65.3 Å². The fraction of sp³-hybridized carbons (Fsp3) is 0.533. The van der Waals surface area contributed by atoms with Crippen LogP contribution in [0, 0.1) is 18.3 Å². The monoisotopic (exact) mass is 262 g/mol. The van der Waals surface area contributed by atoms with E-state index in [1.54, 1.807) is 18.2 Å². The minimum atomic E-state index is -0.561. The average Bonchev–Trinajstić information content (AvgIpc) is 2.34. The van der Waals surface area contributed by atoms with Crippen LogP contribution in [0.5, 0.6) is 5.75 Å². The Morgan fingerprint density at radius 3 is 2.63 bits per heavy atom. The Hall–Kier alpha value is -1.57. The molecule has 0 radical (unpaired) electrons. The summed E-state index contributed by atoms with van der Waals surface area (Å²) in [6, 6.07) is 7.33. The first kappa shape index (κ1) is 15.5. The number of ether oxygens (including phenoxy) is 1. The van der Waals surface area contributed by atoms with Crippen LogP contribution in [0.4, 0.5) is 0 Å². The van der Waals surface area contributed by atoms with E-state index in [-0.39, 0.29) is 12.1 Å². The Balaban J connectivity index is 2.46.